The van der Waals surface area contributed by atoms with Crippen molar-refractivity contribution in [1.29, 1.82) is 0 Å². The average Bonchev–Trinajstić information content (AvgIpc) is 2.37. The molecule has 0 radical (unpaired) electrons. The second-order valence-electron chi connectivity index (χ2n) is 4.81. The van der Waals surface area contributed by atoms with Gasteiger partial charge in [0.15, 0.2) is 0 Å². The Bertz CT molecular complexity index is 354. The molecule has 18 heavy (non-hydrogen) atoms. The molecule has 0 bridgehead atoms. The van der Waals surface area contributed by atoms with Gasteiger partial charge in [0.25, 0.3) is 0 Å². The fourth-order valence-electron chi connectivity index (χ4n) is 1.75. The number of carboxylic acid groups (broad SMARTS) is 1. The minimum absolute atomic E-state index is 0.240. The zero-order chi connectivity index (χ0) is 13.4. The van der Waals surface area contributed by atoms with E-state index in [0.29, 0.717) is 6.04 Å². The number of carboxylic acids is 1. The van der Waals surface area contributed by atoms with Gasteiger partial charge in [-0.15, -0.1) is 0 Å². The lowest BCUT2D eigenvalue weighted by Gasteiger charge is -2.14. The van der Waals surface area contributed by atoms with Crippen LogP contribution in [0.4, 0.5) is 0 Å². The van der Waals surface area contributed by atoms with Crippen LogP contribution in [0, 0.1) is 5.92 Å². The van der Waals surface area contributed by atoms with E-state index >= 15 is 0 Å². The lowest BCUT2D eigenvalue weighted by molar-refractivity contribution is -0.141. The Morgan fingerprint density at radius 3 is 2.83 bits per heavy atom. The Hall–Kier alpha value is -1.42. The summed E-state index contributed by atoms with van der Waals surface area (Å²) in [5.41, 5.74) is 1.17. The van der Waals surface area contributed by atoms with Gasteiger partial charge in [0, 0.05) is 25.0 Å². The van der Waals surface area contributed by atoms with Gasteiger partial charge in [0.2, 0.25) is 0 Å². The van der Waals surface area contributed by atoms with E-state index in [1.807, 2.05) is 18.3 Å². The van der Waals surface area contributed by atoms with Crippen molar-refractivity contribution in [3.63, 3.8) is 0 Å². The van der Waals surface area contributed by atoms with Gasteiger partial charge < -0.3 is 10.4 Å². The molecule has 0 saturated heterocycles. The summed E-state index contributed by atoms with van der Waals surface area (Å²) < 4.78 is 0. The van der Waals surface area contributed by atoms with Gasteiger partial charge in [0.1, 0.15) is 0 Å². The van der Waals surface area contributed by atoms with E-state index in [2.05, 4.69) is 17.2 Å². The van der Waals surface area contributed by atoms with E-state index < -0.39 is 5.97 Å². The number of carbonyl (C=O) groups is 1. The topological polar surface area (TPSA) is 62.2 Å². The maximum Gasteiger partial charge on any atom is 0.306 e. The van der Waals surface area contributed by atoms with Crippen molar-refractivity contribution >= 4 is 5.97 Å². The van der Waals surface area contributed by atoms with Crippen molar-refractivity contribution in [2.45, 2.75) is 45.7 Å². The first kappa shape index (κ1) is 14.6. The van der Waals surface area contributed by atoms with Crippen molar-refractivity contribution in [3.8, 4) is 0 Å². The van der Waals surface area contributed by atoms with Gasteiger partial charge in [-0.3, -0.25) is 9.78 Å². The summed E-state index contributed by atoms with van der Waals surface area (Å²) in [6.45, 7) is 4.70. The summed E-state index contributed by atoms with van der Waals surface area (Å²) in [5, 5.41) is 12.2. The highest BCUT2D eigenvalue weighted by Gasteiger charge is 2.10. The molecule has 0 amide bonds. The standard InChI is InChI=1S/C14H22N2O2/c1-11(14(17)18)5-3-6-12(2)16-10-13-7-4-8-15-9-13/h4,7-9,11-12,16H,3,5-6,10H2,1-2H3,(H,17,18). The summed E-state index contributed by atoms with van der Waals surface area (Å²) in [4.78, 5) is 14.7. The lowest BCUT2D eigenvalue weighted by Crippen LogP contribution is -2.25. The van der Waals surface area contributed by atoms with Crippen molar-refractivity contribution in [2.24, 2.45) is 5.92 Å². The van der Waals surface area contributed by atoms with E-state index in [1.54, 1.807) is 13.1 Å². The second kappa shape index (κ2) is 7.82. The van der Waals surface area contributed by atoms with Crippen LogP contribution < -0.4 is 5.32 Å². The average molecular weight is 250 g/mol. The van der Waals surface area contributed by atoms with Crippen LogP contribution in [0.15, 0.2) is 24.5 Å². The number of aliphatic carboxylic acids is 1. The van der Waals surface area contributed by atoms with Crippen molar-refractivity contribution in [2.75, 3.05) is 0 Å². The zero-order valence-corrected chi connectivity index (χ0v) is 11.1. The van der Waals surface area contributed by atoms with Gasteiger partial charge in [-0.2, -0.15) is 0 Å². The van der Waals surface area contributed by atoms with Crippen LogP contribution in [-0.2, 0) is 11.3 Å². The predicted octanol–water partition coefficient (Wildman–Crippen LogP) is 2.45. The Morgan fingerprint density at radius 2 is 2.22 bits per heavy atom. The molecule has 1 aromatic rings. The normalized spacial score (nSPS) is 14.1. The molecule has 1 rings (SSSR count). The molecular formula is C14H22N2O2. The molecule has 4 heteroatoms. The molecule has 2 N–H and O–H groups in total. The smallest absolute Gasteiger partial charge is 0.306 e. The zero-order valence-electron chi connectivity index (χ0n) is 11.1. The van der Waals surface area contributed by atoms with Crippen LogP contribution in [0.5, 0.6) is 0 Å². The molecule has 0 spiro atoms. The van der Waals surface area contributed by atoms with Gasteiger partial charge >= 0.3 is 5.97 Å². The van der Waals surface area contributed by atoms with E-state index in [1.165, 1.54) is 5.56 Å². The third-order valence-electron chi connectivity index (χ3n) is 3.07. The summed E-state index contributed by atoms with van der Waals surface area (Å²) in [6.07, 6.45) is 6.30. The van der Waals surface area contributed by atoms with Crippen molar-refractivity contribution in [3.05, 3.63) is 30.1 Å². The largest absolute Gasteiger partial charge is 0.481 e. The van der Waals surface area contributed by atoms with Gasteiger partial charge in [0.05, 0.1) is 5.92 Å². The number of aromatic nitrogens is 1. The molecular weight excluding hydrogens is 228 g/mol. The van der Waals surface area contributed by atoms with Crippen LogP contribution >= 0.6 is 0 Å². The first-order valence-corrected chi connectivity index (χ1v) is 6.44. The van der Waals surface area contributed by atoms with Gasteiger partial charge in [-0.25, -0.2) is 0 Å². The fraction of sp³-hybridized carbons (Fsp3) is 0.571. The highest BCUT2D eigenvalue weighted by molar-refractivity contribution is 5.69. The second-order valence-corrected chi connectivity index (χ2v) is 4.81. The number of nitrogens with zero attached hydrogens (tertiary/aromatic N) is 1. The van der Waals surface area contributed by atoms with Crippen molar-refractivity contribution < 1.29 is 9.90 Å². The fourth-order valence-corrected chi connectivity index (χ4v) is 1.75. The molecule has 0 aromatic carbocycles. The van der Waals surface area contributed by atoms with Crippen LogP contribution in [-0.4, -0.2) is 22.1 Å². The van der Waals surface area contributed by atoms with E-state index in [9.17, 15) is 4.79 Å². The third-order valence-corrected chi connectivity index (χ3v) is 3.07. The highest BCUT2D eigenvalue weighted by atomic mass is 16.4. The summed E-state index contributed by atoms with van der Waals surface area (Å²) in [5.74, 6) is -0.943. The summed E-state index contributed by atoms with van der Waals surface area (Å²) in [7, 11) is 0. The Balaban J connectivity index is 2.14. The molecule has 0 aliphatic rings. The third kappa shape index (κ3) is 5.77. The number of hydrogen-bond acceptors (Lipinski definition) is 3. The summed E-state index contributed by atoms with van der Waals surface area (Å²) in [6, 6.07) is 4.36. The molecule has 0 aliphatic carbocycles. The molecule has 1 aromatic heterocycles. The van der Waals surface area contributed by atoms with Crippen LogP contribution in [0.25, 0.3) is 0 Å². The summed E-state index contributed by atoms with van der Waals surface area (Å²) >= 11 is 0. The Kier molecular flexibility index (Phi) is 6.36. The highest BCUT2D eigenvalue weighted by Crippen LogP contribution is 2.10. The quantitative estimate of drug-likeness (QED) is 0.744. The number of rotatable bonds is 8. The minimum atomic E-state index is -0.703. The van der Waals surface area contributed by atoms with Crippen molar-refractivity contribution in [1.82, 2.24) is 10.3 Å². The van der Waals surface area contributed by atoms with Gasteiger partial charge in [-0.1, -0.05) is 19.4 Å². The number of hydrogen-bond donors (Lipinski definition) is 2. The molecule has 2 unspecified atom stereocenters. The Morgan fingerprint density at radius 1 is 1.44 bits per heavy atom. The maximum absolute atomic E-state index is 10.7. The molecule has 2 atom stereocenters. The predicted molar refractivity (Wildman–Crippen MR) is 71.2 cm³/mol. The first-order valence-electron chi connectivity index (χ1n) is 6.44. The van der Waals surface area contributed by atoms with E-state index in [-0.39, 0.29) is 5.92 Å². The van der Waals surface area contributed by atoms with E-state index in [4.69, 9.17) is 5.11 Å². The molecule has 0 saturated carbocycles. The minimum Gasteiger partial charge on any atom is -0.481 e. The molecule has 0 fully saturated rings. The molecule has 1 heterocycles. The van der Waals surface area contributed by atoms with Crippen LogP contribution in [0.2, 0.25) is 0 Å². The molecule has 4 nitrogen and oxygen atoms in total. The Labute approximate surface area is 108 Å². The van der Waals surface area contributed by atoms with Crippen LogP contribution in [0.1, 0.15) is 38.7 Å². The van der Waals surface area contributed by atoms with E-state index in [0.717, 1.165) is 25.8 Å². The molecule has 0 aliphatic heterocycles. The number of pyridine rings is 1. The first-order chi connectivity index (χ1) is 8.59. The van der Waals surface area contributed by atoms with Crippen LogP contribution in [0.3, 0.4) is 0 Å². The lowest BCUT2D eigenvalue weighted by atomic mass is 10.0. The monoisotopic (exact) mass is 250 g/mol. The SMILES string of the molecule is CC(CCCC(C)C(=O)O)NCc1cccnc1. The number of nitrogens with one attached hydrogen (secondary N) is 1. The van der Waals surface area contributed by atoms with Gasteiger partial charge in [-0.05, 0) is 31.4 Å². The molecule has 100 valence electrons. The maximum atomic E-state index is 10.7.